The van der Waals surface area contributed by atoms with Crippen LogP contribution in [0.15, 0.2) is 6.07 Å². The number of anilines is 1. The van der Waals surface area contributed by atoms with E-state index in [0.717, 1.165) is 49.7 Å². The Balaban J connectivity index is 2.25. The molecule has 0 bridgehead atoms. The van der Waals surface area contributed by atoms with Crippen molar-refractivity contribution in [1.29, 1.82) is 0 Å². The molecule has 1 aromatic heterocycles. The van der Waals surface area contributed by atoms with Gasteiger partial charge in [-0.15, -0.1) is 0 Å². The maximum Gasteiger partial charge on any atom is 0.225 e. The molecule has 16 heavy (non-hydrogen) atoms. The van der Waals surface area contributed by atoms with E-state index in [2.05, 4.69) is 34.8 Å². The molecule has 1 atom stereocenters. The first-order valence-electron chi connectivity index (χ1n) is 6.10. The first kappa shape index (κ1) is 11.3. The first-order valence-corrected chi connectivity index (χ1v) is 6.10. The van der Waals surface area contributed by atoms with Crippen molar-refractivity contribution in [3.05, 3.63) is 17.5 Å². The fraction of sp³-hybridized carbons (Fsp3) is 0.667. The zero-order valence-corrected chi connectivity index (χ0v) is 10.1. The molecule has 1 aliphatic heterocycles. The van der Waals surface area contributed by atoms with Gasteiger partial charge in [0.1, 0.15) is 0 Å². The highest BCUT2D eigenvalue weighted by atomic mass is 15.3. The van der Waals surface area contributed by atoms with E-state index in [1.165, 1.54) is 0 Å². The van der Waals surface area contributed by atoms with E-state index < -0.39 is 0 Å². The molecule has 0 saturated carbocycles. The highest BCUT2D eigenvalue weighted by molar-refractivity contribution is 5.34. The summed E-state index contributed by atoms with van der Waals surface area (Å²) in [6.45, 7) is 6.12. The number of hydrogen-bond donors (Lipinski definition) is 1. The molecular formula is C12H20N4. The molecule has 4 nitrogen and oxygen atoms in total. The molecule has 0 amide bonds. The minimum Gasteiger partial charge on any atom is -0.339 e. The van der Waals surface area contributed by atoms with Crippen LogP contribution in [0, 0.1) is 0 Å². The maximum absolute atomic E-state index is 5.91. The molecule has 2 heterocycles. The van der Waals surface area contributed by atoms with Gasteiger partial charge in [0.15, 0.2) is 0 Å². The average molecular weight is 220 g/mol. The van der Waals surface area contributed by atoms with E-state index in [9.17, 15) is 0 Å². The summed E-state index contributed by atoms with van der Waals surface area (Å²) in [5.41, 5.74) is 8.16. The minimum atomic E-state index is 0.277. The van der Waals surface area contributed by atoms with E-state index >= 15 is 0 Å². The van der Waals surface area contributed by atoms with Crippen LogP contribution >= 0.6 is 0 Å². The van der Waals surface area contributed by atoms with Crippen LogP contribution < -0.4 is 10.6 Å². The Kier molecular flexibility index (Phi) is 3.39. The van der Waals surface area contributed by atoms with Crippen molar-refractivity contribution in [3.63, 3.8) is 0 Å². The third-order valence-corrected chi connectivity index (χ3v) is 3.05. The van der Waals surface area contributed by atoms with Crippen LogP contribution in [-0.2, 0) is 12.8 Å². The van der Waals surface area contributed by atoms with Gasteiger partial charge in [0, 0.05) is 30.5 Å². The average Bonchev–Trinajstić information content (AvgIpc) is 2.75. The van der Waals surface area contributed by atoms with Crippen molar-refractivity contribution in [3.8, 4) is 0 Å². The number of aromatic nitrogens is 2. The molecule has 4 heteroatoms. The van der Waals surface area contributed by atoms with E-state index in [0.29, 0.717) is 0 Å². The largest absolute Gasteiger partial charge is 0.339 e. The van der Waals surface area contributed by atoms with Crippen molar-refractivity contribution in [1.82, 2.24) is 9.97 Å². The molecule has 1 fully saturated rings. The lowest BCUT2D eigenvalue weighted by molar-refractivity contribution is 0.749. The molecule has 1 aromatic rings. The molecule has 1 unspecified atom stereocenters. The third-order valence-electron chi connectivity index (χ3n) is 3.05. The quantitative estimate of drug-likeness (QED) is 0.830. The predicted octanol–water partition coefficient (Wildman–Crippen LogP) is 1.14. The summed E-state index contributed by atoms with van der Waals surface area (Å²) in [5, 5.41) is 0. The predicted molar refractivity (Wildman–Crippen MR) is 65.6 cm³/mol. The lowest BCUT2D eigenvalue weighted by Gasteiger charge is -2.17. The summed E-state index contributed by atoms with van der Waals surface area (Å²) in [6.07, 6.45) is 2.96. The van der Waals surface area contributed by atoms with Gasteiger partial charge in [0.2, 0.25) is 5.95 Å². The Morgan fingerprint density at radius 1 is 1.31 bits per heavy atom. The van der Waals surface area contributed by atoms with Crippen molar-refractivity contribution >= 4 is 5.95 Å². The number of aryl methyl sites for hydroxylation is 2. The van der Waals surface area contributed by atoms with Gasteiger partial charge in [-0.05, 0) is 25.3 Å². The molecule has 2 N–H and O–H groups in total. The number of rotatable bonds is 3. The van der Waals surface area contributed by atoms with Crippen molar-refractivity contribution in [2.24, 2.45) is 5.73 Å². The number of nitrogens with two attached hydrogens (primary N) is 1. The monoisotopic (exact) mass is 220 g/mol. The molecule has 1 saturated heterocycles. The number of nitrogens with zero attached hydrogens (tertiary/aromatic N) is 3. The zero-order chi connectivity index (χ0) is 11.5. The highest BCUT2D eigenvalue weighted by Gasteiger charge is 2.21. The molecule has 1 aliphatic rings. The van der Waals surface area contributed by atoms with Crippen LogP contribution in [0.25, 0.3) is 0 Å². The summed E-state index contributed by atoms with van der Waals surface area (Å²) in [5.74, 6) is 0.865. The summed E-state index contributed by atoms with van der Waals surface area (Å²) >= 11 is 0. The molecule has 2 rings (SSSR count). The summed E-state index contributed by atoms with van der Waals surface area (Å²) in [4.78, 5) is 11.3. The second-order valence-electron chi connectivity index (χ2n) is 4.35. The summed E-state index contributed by atoms with van der Waals surface area (Å²) < 4.78 is 0. The summed E-state index contributed by atoms with van der Waals surface area (Å²) in [7, 11) is 0. The Labute approximate surface area is 96.9 Å². The normalized spacial score (nSPS) is 20.4. The SMILES string of the molecule is CCc1cc(CC)nc(N2CCC(N)C2)n1. The lowest BCUT2D eigenvalue weighted by Crippen LogP contribution is -2.28. The van der Waals surface area contributed by atoms with Crippen LogP contribution in [0.2, 0.25) is 0 Å². The van der Waals surface area contributed by atoms with Gasteiger partial charge in [-0.2, -0.15) is 0 Å². The molecule has 0 radical (unpaired) electrons. The van der Waals surface area contributed by atoms with Crippen molar-refractivity contribution < 1.29 is 0 Å². The number of hydrogen-bond acceptors (Lipinski definition) is 4. The Morgan fingerprint density at radius 2 is 1.94 bits per heavy atom. The maximum atomic E-state index is 5.91. The van der Waals surface area contributed by atoms with Gasteiger partial charge >= 0.3 is 0 Å². The van der Waals surface area contributed by atoms with Gasteiger partial charge in [0.05, 0.1) is 0 Å². The highest BCUT2D eigenvalue weighted by Crippen LogP contribution is 2.16. The van der Waals surface area contributed by atoms with Crippen LogP contribution in [0.5, 0.6) is 0 Å². The van der Waals surface area contributed by atoms with Crippen LogP contribution in [0.3, 0.4) is 0 Å². The second-order valence-corrected chi connectivity index (χ2v) is 4.35. The Bertz CT molecular complexity index is 342. The fourth-order valence-electron chi connectivity index (χ4n) is 2.01. The topological polar surface area (TPSA) is 55.0 Å². The summed E-state index contributed by atoms with van der Waals surface area (Å²) in [6, 6.07) is 2.37. The smallest absolute Gasteiger partial charge is 0.225 e. The minimum absolute atomic E-state index is 0.277. The van der Waals surface area contributed by atoms with Crippen LogP contribution in [0.1, 0.15) is 31.7 Å². The molecule has 0 aromatic carbocycles. The molecule has 0 spiro atoms. The Morgan fingerprint density at radius 3 is 2.38 bits per heavy atom. The molecular weight excluding hydrogens is 200 g/mol. The van der Waals surface area contributed by atoms with Crippen LogP contribution in [-0.4, -0.2) is 29.1 Å². The zero-order valence-electron chi connectivity index (χ0n) is 10.1. The Hall–Kier alpha value is -1.16. The van der Waals surface area contributed by atoms with E-state index in [1.54, 1.807) is 0 Å². The first-order chi connectivity index (χ1) is 7.72. The molecule has 0 aliphatic carbocycles. The van der Waals surface area contributed by atoms with E-state index in [-0.39, 0.29) is 6.04 Å². The van der Waals surface area contributed by atoms with Gasteiger partial charge < -0.3 is 10.6 Å². The van der Waals surface area contributed by atoms with Gasteiger partial charge in [-0.25, -0.2) is 9.97 Å². The molecule has 88 valence electrons. The van der Waals surface area contributed by atoms with Crippen molar-refractivity contribution in [2.45, 2.75) is 39.2 Å². The van der Waals surface area contributed by atoms with E-state index in [4.69, 9.17) is 5.73 Å². The fourth-order valence-corrected chi connectivity index (χ4v) is 2.01. The van der Waals surface area contributed by atoms with Crippen molar-refractivity contribution in [2.75, 3.05) is 18.0 Å². The second kappa shape index (κ2) is 4.78. The van der Waals surface area contributed by atoms with Crippen LogP contribution in [0.4, 0.5) is 5.95 Å². The lowest BCUT2D eigenvalue weighted by atomic mass is 10.2. The van der Waals surface area contributed by atoms with E-state index in [1.807, 2.05) is 0 Å². The standard InChI is InChI=1S/C12H20N4/c1-3-10-7-11(4-2)15-12(14-10)16-6-5-9(13)8-16/h7,9H,3-6,8,13H2,1-2H3. The van der Waals surface area contributed by atoms with Gasteiger partial charge in [-0.1, -0.05) is 13.8 Å². The third kappa shape index (κ3) is 2.32. The van der Waals surface area contributed by atoms with Gasteiger partial charge in [-0.3, -0.25) is 0 Å². The van der Waals surface area contributed by atoms with Gasteiger partial charge in [0.25, 0.3) is 0 Å².